The Bertz CT molecular complexity index is 644. The number of ether oxygens (including phenoxy) is 2. The van der Waals surface area contributed by atoms with Crippen LogP contribution in [0.25, 0.3) is 0 Å². The van der Waals surface area contributed by atoms with Crippen LogP contribution in [-0.2, 0) is 11.3 Å². The molecule has 3 rings (SSSR count). The van der Waals surface area contributed by atoms with Crippen LogP contribution >= 0.6 is 0 Å². The second-order valence-electron chi connectivity index (χ2n) is 5.60. The number of amides is 1. The van der Waals surface area contributed by atoms with Crippen molar-refractivity contribution in [3.8, 4) is 11.5 Å². The maximum atomic E-state index is 11.8. The van der Waals surface area contributed by atoms with Crippen molar-refractivity contribution in [2.75, 3.05) is 20.3 Å². The van der Waals surface area contributed by atoms with Gasteiger partial charge in [0.1, 0.15) is 6.04 Å². The lowest BCUT2D eigenvalue weighted by Gasteiger charge is -2.27. The van der Waals surface area contributed by atoms with Crippen LogP contribution in [0.3, 0.4) is 0 Å². The zero-order chi connectivity index (χ0) is 16.4. The van der Waals surface area contributed by atoms with Crippen molar-refractivity contribution in [3.63, 3.8) is 0 Å². The lowest BCUT2D eigenvalue weighted by atomic mass is 10.1. The number of aliphatic hydroxyl groups is 1. The van der Waals surface area contributed by atoms with Gasteiger partial charge in [-0.15, -0.1) is 0 Å². The molecule has 1 amide bonds. The fourth-order valence-electron chi connectivity index (χ4n) is 2.79. The minimum atomic E-state index is -0.249. The molecule has 1 aromatic rings. The Balaban J connectivity index is 1.86. The van der Waals surface area contributed by atoms with E-state index >= 15 is 0 Å². The number of nitrogens with zero attached hydrogens (tertiary/aromatic N) is 2. The van der Waals surface area contributed by atoms with Gasteiger partial charge >= 0.3 is 0 Å². The van der Waals surface area contributed by atoms with Gasteiger partial charge in [-0.2, -0.15) is 0 Å². The third-order valence-electron chi connectivity index (χ3n) is 4.12. The molecule has 0 aliphatic carbocycles. The fraction of sp³-hybridized carbons (Fsp3) is 0.500. The number of benzene rings is 1. The number of nitrogens with one attached hydrogen (secondary N) is 1. The first-order valence-corrected chi connectivity index (χ1v) is 7.75. The lowest BCUT2D eigenvalue weighted by molar-refractivity contribution is -0.121. The minimum Gasteiger partial charge on any atom is -0.492 e. The van der Waals surface area contributed by atoms with E-state index in [1.807, 2.05) is 24.0 Å². The molecule has 0 radical (unpaired) electrons. The second kappa shape index (κ2) is 6.45. The van der Waals surface area contributed by atoms with Crippen LogP contribution in [-0.4, -0.2) is 48.2 Å². The van der Waals surface area contributed by atoms with Gasteiger partial charge in [0.2, 0.25) is 11.9 Å². The number of aliphatic imine (C=N–C) groups is 1. The number of carbonyl (C=O) groups excluding carboxylic acids is 1. The summed E-state index contributed by atoms with van der Waals surface area (Å²) in [6.07, 6.45) is 1.49. The summed E-state index contributed by atoms with van der Waals surface area (Å²) in [5.41, 5.74) is 1.70. The summed E-state index contributed by atoms with van der Waals surface area (Å²) in [5.74, 6) is 1.86. The van der Waals surface area contributed by atoms with Crippen LogP contribution in [0.1, 0.15) is 25.3 Å². The maximum absolute atomic E-state index is 11.8. The zero-order valence-electron chi connectivity index (χ0n) is 13.3. The monoisotopic (exact) mass is 319 g/mol. The summed E-state index contributed by atoms with van der Waals surface area (Å²) in [7, 11) is 1.60. The highest BCUT2D eigenvalue weighted by Crippen LogP contribution is 2.41. The molecule has 2 heterocycles. The highest BCUT2D eigenvalue weighted by atomic mass is 16.5. The third kappa shape index (κ3) is 2.84. The van der Waals surface area contributed by atoms with Crippen LogP contribution in [0.2, 0.25) is 0 Å². The molecule has 23 heavy (non-hydrogen) atoms. The molecule has 7 nitrogen and oxygen atoms in total. The number of fused-ring (bicyclic) bond motifs is 2. The largest absolute Gasteiger partial charge is 0.492 e. The molecule has 7 heteroatoms. The van der Waals surface area contributed by atoms with E-state index in [9.17, 15) is 4.79 Å². The van der Waals surface area contributed by atoms with Crippen molar-refractivity contribution < 1.29 is 19.4 Å². The van der Waals surface area contributed by atoms with Crippen LogP contribution in [0, 0.1) is 0 Å². The zero-order valence-corrected chi connectivity index (χ0v) is 13.3. The summed E-state index contributed by atoms with van der Waals surface area (Å²) < 4.78 is 11.3. The number of hydrogen-bond acceptors (Lipinski definition) is 6. The Kier molecular flexibility index (Phi) is 4.38. The Hall–Kier alpha value is -2.28. The second-order valence-corrected chi connectivity index (χ2v) is 5.60. The van der Waals surface area contributed by atoms with Crippen LogP contribution in [0.4, 0.5) is 5.69 Å². The van der Waals surface area contributed by atoms with Crippen molar-refractivity contribution in [2.45, 2.75) is 32.4 Å². The van der Waals surface area contributed by atoms with Crippen molar-refractivity contribution >= 4 is 17.6 Å². The van der Waals surface area contributed by atoms with E-state index < -0.39 is 0 Å². The van der Waals surface area contributed by atoms with Gasteiger partial charge < -0.3 is 19.5 Å². The predicted molar refractivity (Wildman–Crippen MR) is 85.1 cm³/mol. The van der Waals surface area contributed by atoms with E-state index in [-0.39, 0.29) is 18.6 Å². The smallest absolute Gasteiger partial charge is 0.249 e. The number of guanidine groups is 1. The molecule has 0 aromatic heterocycles. The number of unbranched alkanes of at least 4 members (excludes halogenated alkanes) is 1. The predicted octanol–water partition coefficient (Wildman–Crippen LogP) is 1.17. The first kappa shape index (κ1) is 15.6. The van der Waals surface area contributed by atoms with Crippen molar-refractivity contribution in [3.05, 3.63) is 17.7 Å². The standard InChI is InChI=1S/C16H21N3O4/c1-10-15(21)18-16-17-12-5-6-13(23-8-4-3-7-20)14(22-2)11(12)9-19(10)16/h5-6,10,20H,3-4,7-9H2,1-2H3,(H,17,18,21). The van der Waals surface area contributed by atoms with Gasteiger partial charge in [0.15, 0.2) is 11.5 Å². The highest BCUT2D eigenvalue weighted by molar-refractivity contribution is 6.07. The maximum Gasteiger partial charge on any atom is 0.249 e. The molecule has 1 unspecified atom stereocenters. The van der Waals surface area contributed by atoms with Crippen LogP contribution in [0.5, 0.6) is 11.5 Å². The third-order valence-corrected chi connectivity index (χ3v) is 4.12. The van der Waals surface area contributed by atoms with E-state index in [0.717, 1.165) is 17.7 Å². The molecule has 1 saturated heterocycles. The minimum absolute atomic E-state index is 0.0454. The number of carbonyl (C=O) groups is 1. The van der Waals surface area contributed by atoms with E-state index in [1.165, 1.54) is 0 Å². The molecule has 1 atom stereocenters. The van der Waals surface area contributed by atoms with E-state index in [2.05, 4.69) is 10.3 Å². The molecule has 1 aromatic carbocycles. The molecule has 2 aliphatic heterocycles. The summed E-state index contributed by atoms with van der Waals surface area (Å²) in [4.78, 5) is 18.2. The first-order chi connectivity index (χ1) is 11.2. The average molecular weight is 319 g/mol. The number of rotatable bonds is 6. The van der Waals surface area contributed by atoms with E-state index in [1.54, 1.807) is 7.11 Å². The molecule has 124 valence electrons. The van der Waals surface area contributed by atoms with E-state index in [0.29, 0.717) is 37.0 Å². The van der Waals surface area contributed by atoms with Crippen LogP contribution in [0.15, 0.2) is 17.1 Å². The van der Waals surface area contributed by atoms with Gasteiger partial charge in [-0.25, -0.2) is 4.99 Å². The first-order valence-electron chi connectivity index (χ1n) is 7.75. The normalized spacial score (nSPS) is 18.9. The Labute approximate surface area is 134 Å². The quantitative estimate of drug-likeness (QED) is 0.769. The summed E-state index contributed by atoms with van der Waals surface area (Å²) in [5, 5.41) is 11.6. The Morgan fingerprint density at radius 3 is 3.00 bits per heavy atom. The van der Waals surface area contributed by atoms with Gasteiger partial charge in [-0.1, -0.05) is 0 Å². The van der Waals surface area contributed by atoms with Gasteiger partial charge in [0, 0.05) is 12.2 Å². The van der Waals surface area contributed by atoms with Gasteiger partial charge in [0.25, 0.3) is 0 Å². The van der Waals surface area contributed by atoms with Gasteiger partial charge in [0.05, 0.1) is 25.9 Å². The molecule has 0 saturated carbocycles. The number of aliphatic hydroxyl groups excluding tert-OH is 1. The molecular formula is C16H21N3O4. The van der Waals surface area contributed by atoms with Crippen molar-refractivity contribution in [1.82, 2.24) is 10.2 Å². The van der Waals surface area contributed by atoms with Gasteiger partial charge in [-0.3, -0.25) is 10.1 Å². The molecule has 2 aliphatic rings. The SMILES string of the molecule is COc1c(OCCCCO)ccc2c1CN1C(=N2)NC(=O)C1C. The Morgan fingerprint density at radius 1 is 1.43 bits per heavy atom. The molecular weight excluding hydrogens is 298 g/mol. The molecule has 0 bridgehead atoms. The van der Waals surface area contributed by atoms with E-state index in [4.69, 9.17) is 14.6 Å². The summed E-state index contributed by atoms with van der Waals surface area (Å²) in [6, 6.07) is 3.45. The topological polar surface area (TPSA) is 83.4 Å². The molecule has 1 fully saturated rings. The Morgan fingerprint density at radius 2 is 2.26 bits per heavy atom. The fourth-order valence-corrected chi connectivity index (χ4v) is 2.79. The highest BCUT2D eigenvalue weighted by Gasteiger charge is 2.37. The summed E-state index contributed by atoms with van der Waals surface area (Å²) in [6.45, 7) is 3.08. The average Bonchev–Trinajstić information content (AvgIpc) is 2.83. The molecule has 2 N–H and O–H groups in total. The van der Waals surface area contributed by atoms with Crippen molar-refractivity contribution in [2.24, 2.45) is 4.99 Å². The summed E-state index contributed by atoms with van der Waals surface area (Å²) >= 11 is 0. The number of hydrogen-bond donors (Lipinski definition) is 2. The van der Waals surface area contributed by atoms with Gasteiger partial charge in [-0.05, 0) is 31.9 Å². The molecule has 0 spiro atoms. The number of methoxy groups -OCH3 is 1. The lowest BCUT2D eigenvalue weighted by Crippen LogP contribution is -2.35. The van der Waals surface area contributed by atoms with Crippen molar-refractivity contribution in [1.29, 1.82) is 0 Å². The van der Waals surface area contributed by atoms with Crippen LogP contribution < -0.4 is 14.8 Å².